The van der Waals surface area contributed by atoms with Crippen molar-refractivity contribution in [1.82, 2.24) is 4.90 Å². The minimum absolute atomic E-state index is 0.137. The lowest BCUT2D eigenvalue weighted by Crippen LogP contribution is -2.15. The van der Waals surface area contributed by atoms with Crippen LogP contribution in [0.15, 0.2) is 0 Å². The maximum Gasteiger partial charge on any atom is 0.0520 e. The lowest BCUT2D eigenvalue weighted by molar-refractivity contribution is 0.192. The number of rotatable bonds is 6. The molecule has 2 nitrogen and oxygen atoms in total. The molecule has 68 valence electrons. The Morgan fingerprint density at radius 1 is 1.36 bits per heavy atom. The molecule has 0 fully saturated rings. The molecule has 0 saturated carbocycles. The Bertz CT molecular complexity index is 76.2. The van der Waals surface area contributed by atoms with Crippen molar-refractivity contribution in [2.24, 2.45) is 0 Å². The molecule has 0 aromatic carbocycles. The van der Waals surface area contributed by atoms with Gasteiger partial charge in [0, 0.05) is 12.3 Å². The lowest BCUT2D eigenvalue weighted by atomic mass is 10.3. The van der Waals surface area contributed by atoms with Crippen LogP contribution in [-0.2, 0) is 0 Å². The van der Waals surface area contributed by atoms with Crippen LogP contribution < -0.4 is 0 Å². The molecule has 0 aliphatic carbocycles. The van der Waals surface area contributed by atoms with E-state index in [0.717, 1.165) is 18.7 Å². The van der Waals surface area contributed by atoms with E-state index < -0.39 is 0 Å². The fraction of sp³-hybridized carbons (Fsp3) is 1.00. The Balaban J connectivity index is 2.91. The Hall–Kier alpha value is 0.270. The Morgan fingerprint density at radius 2 is 2.00 bits per heavy atom. The Kier molecular flexibility index (Phi) is 7.12. The van der Waals surface area contributed by atoms with Crippen molar-refractivity contribution in [3.63, 3.8) is 0 Å². The fourth-order valence-electron chi connectivity index (χ4n) is 0.603. The molecule has 0 bridgehead atoms. The van der Waals surface area contributed by atoms with Crippen molar-refractivity contribution in [2.45, 2.75) is 19.4 Å². The summed E-state index contributed by atoms with van der Waals surface area (Å²) in [5.41, 5.74) is 0. The van der Waals surface area contributed by atoms with E-state index in [1.54, 1.807) is 0 Å². The van der Waals surface area contributed by atoms with Crippen LogP contribution in [-0.4, -0.2) is 48.3 Å². The van der Waals surface area contributed by atoms with E-state index in [2.05, 4.69) is 19.0 Å². The van der Waals surface area contributed by atoms with Crippen LogP contribution in [0, 0.1) is 0 Å². The van der Waals surface area contributed by atoms with Crippen molar-refractivity contribution < 1.29 is 5.11 Å². The summed E-state index contributed by atoms with van der Waals surface area (Å²) in [5, 5.41) is 8.94. The van der Waals surface area contributed by atoms with E-state index in [1.165, 1.54) is 5.75 Å². The quantitative estimate of drug-likeness (QED) is 0.614. The van der Waals surface area contributed by atoms with Gasteiger partial charge >= 0.3 is 0 Å². The lowest BCUT2D eigenvalue weighted by Gasteiger charge is -2.08. The van der Waals surface area contributed by atoms with Crippen LogP contribution in [0.2, 0.25) is 0 Å². The molecule has 1 N–H and O–H groups in total. The van der Waals surface area contributed by atoms with E-state index in [0.29, 0.717) is 0 Å². The minimum Gasteiger partial charge on any atom is -0.393 e. The van der Waals surface area contributed by atoms with Gasteiger partial charge in [-0.1, -0.05) is 0 Å². The van der Waals surface area contributed by atoms with Gasteiger partial charge in [0.15, 0.2) is 0 Å². The number of aliphatic hydroxyl groups is 1. The summed E-state index contributed by atoms with van der Waals surface area (Å²) < 4.78 is 0. The summed E-state index contributed by atoms with van der Waals surface area (Å²) in [6.45, 7) is 2.97. The maximum absolute atomic E-state index is 8.94. The molecule has 3 heteroatoms. The second-order valence-electron chi connectivity index (χ2n) is 3.05. The van der Waals surface area contributed by atoms with Crippen LogP contribution in [0.5, 0.6) is 0 Å². The summed E-state index contributed by atoms with van der Waals surface area (Å²) >= 11 is 1.91. The van der Waals surface area contributed by atoms with Crippen molar-refractivity contribution in [1.29, 1.82) is 0 Å². The summed E-state index contributed by atoms with van der Waals surface area (Å²) in [4.78, 5) is 2.18. The van der Waals surface area contributed by atoms with Crippen LogP contribution in [0.4, 0.5) is 0 Å². The molecule has 0 radical (unpaired) electrons. The van der Waals surface area contributed by atoms with Crippen molar-refractivity contribution in [3.05, 3.63) is 0 Å². The van der Waals surface area contributed by atoms with Gasteiger partial charge in [-0.15, -0.1) is 0 Å². The topological polar surface area (TPSA) is 23.5 Å². The molecule has 0 rings (SSSR count). The van der Waals surface area contributed by atoms with Gasteiger partial charge in [0.2, 0.25) is 0 Å². The predicted molar refractivity (Wildman–Crippen MR) is 52.2 cm³/mol. The smallest absolute Gasteiger partial charge is 0.0520 e. The molecule has 1 unspecified atom stereocenters. The third kappa shape index (κ3) is 10.3. The molecule has 1 atom stereocenters. The van der Waals surface area contributed by atoms with Crippen molar-refractivity contribution in [3.8, 4) is 0 Å². The second kappa shape index (κ2) is 6.95. The van der Waals surface area contributed by atoms with Crippen LogP contribution >= 0.6 is 11.8 Å². The molecule has 0 amide bonds. The predicted octanol–water partition coefficient (Wildman–Crippen LogP) is 1.05. The van der Waals surface area contributed by atoms with E-state index >= 15 is 0 Å². The molecule has 0 aliphatic heterocycles. The van der Waals surface area contributed by atoms with E-state index in [-0.39, 0.29) is 6.10 Å². The number of aliphatic hydroxyl groups excluding tert-OH is 1. The van der Waals surface area contributed by atoms with E-state index in [9.17, 15) is 0 Å². The van der Waals surface area contributed by atoms with Gasteiger partial charge in [-0.2, -0.15) is 11.8 Å². The molecule has 0 aromatic heterocycles. The van der Waals surface area contributed by atoms with Gasteiger partial charge < -0.3 is 10.0 Å². The molecule has 0 saturated heterocycles. The molecule has 0 aliphatic rings. The minimum atomic E-state index is -0.137. The molecular formula is C8H19NOS. The Labute approximate surface area is 74.0 Å². The first kappa shape index (κ1) is 11.3. The third-order valence-electron chi connectivity index (χ3n) is 1.36. The van der Waals surface area contributed by atoms with Gasteiger partial charge in [0.25, 0.3) is 0 Å². The molecule has 0 spiro atoms. The average Bonchev–Trinajstić information content (AvgIpc) is 1.85. The number of hydrogen-bond acceptors (Lipinski definition) is 3. The van der Waals surface area contributed by atoms with Crippen LogP contribution in [0.1, 0.15) is 13.3 Å². The van der Waals surface area contributed by atoms with Gasteiger partial charge in [-0.25, -0.2) is 0 Å². The van der Waals surface area contributed by atoms with Gasteiger partial charge in [-0.05, 0) is 33.2 Å². The normalized spacial score (nSPS) is 13.9. The summed E-state index contributed by atoms with van der Waals surface area (Å²) in [7, 11) is 4.16. The summed E-state index contributed by atoms with van der Waals surface area (Å²) in [6, 6.07) is 0. The molecular weight excluding hydrogens is 158 g/mol. The van der Waals surface area contributed by atoms with E-state index in [4.69, 9.17) is 5.11 Å². The summed E-state index contributed by atoms with van der Waals surface area (Å²) in [5.74, 6) is 2.24. The largest absolute Gasteiger partial charge is 0.393 e. The van der Waals surface area contributed by atoms with Crippen molar-refractivity contribution >= 4 is 11.8 Å². The number of hydrogen-bond donors (Lipinski definition) is 1. The van der Waals surface area contributed by atoms with Crippen molar-refractivity contribution in [2.75, 3.05) is 32.1 Å². The standard InChI is InChI=1S/C8H19NOS/c1-8(10)4-6-11-7-5-9(2)3/h8,10H,4-7H2,1-3H3. The number of nitrogens with zero attached hydrogens (tertiary/aromatic N) is 1. The highest BCUT2D eigenvalue weighted by Gasteiger charge is 1.95. The van der Waals surface area contributed by atoms with Gasteiger partial charge in [0.05, 0.1) is 6.10 Å². The third-order valence-corrected chi connectivity index (χ3v) is 2.36. The monoisotopic (exact) mass is 177 g/mol. The number of thioether (sulfide) groups is 1. The van der Waals surface area contributed by atoms with Gasteiger partial charge in [0.1, 0.15) is 0 Å². The second-order valence-corrected chi connectivity index (χ2v) is 4.28. The van der Waals surface area contributed by atoms with Crippen LogP contribution in [0.25, 0.3) is 0 Å². The Morgan fingerprint density at radius 3 is 2.45 bits per heavy atom. The molecule has 11 heavy (non-hydrogen) atoms. The average molecular weight is 177 g/mol. The van der Waals surface area contributed by atoms with E-state index in [1.807, 2.05) is 18.7 Å². The highest BCUT2D eigenvalue weighted by atomic mass is 32.2. The maximum atomic E-state index is 8.94. The highest BCUT2D eigenvalue weighted by molar-refractivity contribution is 7.99. The fourth-order valence-corrected chi connectivity index (χ4v) is 1.81. The first-order valence-corrected chi connectivity index (χ1v) is 5.19. The highest BCUT2D eigenvalue weighted by Crippen LogP contribution is 2.04. The summed E-state index contributed by atoms with van der Waals surface area (Å²) in [6.07, 6.45) is 0.778. The first-order valence-electron chi connectivity index (χ1n) is 4.03. The zero-order chi connectivity index (χ0) is 8.69. The molecule has 0 heterocycles. The van der Waals surface area contributed by atoms with Gasteiger partial charge in [-0.3, -0.25) is 0 Å². The zero-order valence-corrected chi connectivity index (χ0v) is 8.52. The van der Waals surface area contributed by atoms with Crippen LogP contribution in [0.3, 0.4) is 0 Å². The molecule has 0 aromatic rings. The zero-order valence-electron chi connectivity index (χ0n) is 7.71. The SMILES string of the molecule is CC(O)CCSCCN(C)C. The first-order chi connectivity index (χ1) is 5.13.